The second-order valence-electron chi connectivity index (χ2n) is 10.2. The van der Waals surface area contributed by atoms with Crippen LogP contribution in [0.1, 0.15) is 51.9 Å². The summed E-state index contributed by atoms with van der Waals surface area (Å²) in [6, 6.07) is 12.2. The topological polar surface area (TPSA) is 85.8 Å². The molecule has 3 aliphatic rings. The first kappa shape index (κ1) is 22.8. The average molecular weight is 463 g/mol. The number of hydrogen-bond donors (Lipinski definition) is 2. The van der Waals surface area contributed by atoms with Crippen LogP contribution in [0.25, 0.3) is 11.1 Å². The van der Waals surface area contributed by atoms with Crippen molar-refractivity contribution in [1.82, 2.24) is 9.88 Å². The number of carbonyl (C=O) groups is 2. The molecule has 3 heterocycles. The highest BCUT2D eigenvalue weighted by Crippen LogP contribution is 2.43. The van der Waals surface area contributed by atoms with Gasteiger partial charge in [0.2, 0.25) is 11.8 Å². The summed E-state index contributed by atoms with van der Waals surface area (Å²) in [6.07, 6.45) is 8.00. The maximum absolute atomic E-state index is 13.6. The number of piperidine rings is 1. The molecular formula is C27H34N4O3. The second kappa shape index (κ2) is 9.37. The fourth-order valence-corrected chi connectivity index (χ4v) is 5.96. The molecule has 34 heavy (non-hydrogen) atoms. The van der Waals surface area contributed by atoms with Crippen LogP contribution < -0.4 is 10.2 Å². The predicted octanol–water partition coefficient (Wildman–Crippen LogP) is 3.83. The van der Waals surface area contributed by atoms with Gasteiger partial charge < -0.3 is 20.2 Å². The van der Waals surface area contributed by atoms with E-state index in [1.165, 1.54) is 6.92 Å². The zero-order chi connectivity index (χ0) is 23.7. The van der Waals surface area contributed by atoms with E-state index in [-0.39, 0.29) is 17.4 Å². The Hall–Kier alpha value is -2.93. The molecule has 7 heteroatoms. The minimum absolute atomic E-state index is 0.0838. The highest BCUT2D eigenvalue weighted by Gasteiger charge is 2.50. The summed E-state index contributed by atoms with van der Waals surface area (Å²) >= 11 is 0. The van der Waals surface area contributed by atoms with Gasteiger partial charge >= 0.3 is 0 Å². The average Bonchev–Trinajstić information content (AvgIpc) is 3.15. The largest absolute Gasteiger partial charge is 0.393 e. The summed E-state index contributed by atoms with van der Waals surface area (Å²) in [6.45, 7) is 3.99. The van der Waals surface area contributed by atoms with Crippen LogP contribution in [0.3, 0.4) is 0 Å². The van der Waals surface area contributed by atoms with E-state index in [2.05, 4.69) is 27.2 Å². The highest BCUT2D eigenvalue weighted by molar-refractivity contribution is 5.89. The van der Waals surface area contributed by atoms with Gasteiger partial charge in [0.05, 0.1) is 11.5 Å². The molecule has 1 spiro atoms. The van der Waals surface area contributed by atoms with Crippen molar-refractivity contribution in [2.75, 3.05) is 29.9 Å². The van der Waals surface area contributed by atoms with Gasteiger partial charge in [0.25, 0.3) is 0 Å². The van der Waals surface area contributed by atoms with Gasteiger partial charge in [-0.15, -0.1) is 0 Å². The van der Waals surface area contributed by atoms with E-state index in [1.807, 2.05) is 30.5 Å². The number of hydrogen-bond acceptors (Lipinski definition) is 5. The Bertz CT molecular complexity index is 1030. The van der Waals surface area contributed by atoms with Gasteiger partial charge in [-0.05, 0) is 74.8 Å². The third-order valence-corrected chi connectivity index (χ3v) is 7.84. The standard InChI is InChI=1S/C27H34N4O3/c1-19(32)29-22-6-3-20(4-7-22)21-5-12-25(28-17-21)30-15-2-13-27(18-30)14-16-31(26(27)34)23-8-10-24(33)11-9-23/h3-7,12,17,23-24,33H,2,8-11,13-16,18H2,1H3,(H,29,32)/t23?,24?,27-/m0/s1. The van der Waals surface area contributed by atoms with E-state index in [1.54, 1.807) is 0 Å². The number of nitrogens with one attached hydrogen (secondary N) is 1. The maximum atomic E-state index is 13.6. The third-order valence-electron chi connectivity index (χ3n) is 7.84. The molecule has 0 bridgehead atoms. The minimum atomic E-state index is -0.297. The van der Waals surface area contributed by atoms with Crippen LogP contribution in [-0.2, 0) is 9.59 Å². The molecule has 2 aliphatic heterocycles. The number of amides is 2. The van der Waals surface area contributed by atoms with Crippen LogP contribution in [0.15, 0.2) is 42.6 Å². The number of pyridine rings is 1. The number of carbonyl (C=O) groups excluding carboxylic acids is 2. The van der Waals surface area contributed by atoms with Crippen LogP contribution in [0.4, 0.5) is 11.5 Å². The molecule has 1 atom stereocenters. The van der Waals surface area contributed by atoms with Crippen LogP contribution >= 0.6 is 0 Å². The minimum Gasteiger partial charge on any atom is -0.393 e. The molecule has 1 aliphatic carbocycles. The summed E-state index contributed by atoms with van der Waals surface area (Å²) in [5.74, 6) is 1.15. The van der Waals surface area contributed by atoms with Gasteiger partial charge in [0.15, 0.2) is 0 Å². The van der Waals surface area contributed by atoms with Gasteiger partial charge in [0, 0.05) is 50.0 Å². The van der Waals surface area contributed by atoms with E-state index >= 15 is 0 Å². The number of rotatable bonds is 4. The zero-order valence-corrected chi connectivity index (χ0v) is 19.9. The number of aliphatic hydroxyl groups excluding tert-OH is 1. The summed E-state index contributed by atoms with van der Waals surface area (Å²) in [7, 11) is 0. The zero-order valence-electron chi connectivity index (χ0n) is 19.9. The highest BCUT2D eigenvalue weighted by atomic mass is 16.3. The van der Waals surface area contributed by atoms with E-state index in [4.69, 9.17) is 4.98 Å². The molecule has 1 saturated carbocycles. The molecule has 2 amide bonds. The Balaban J connectivity index is 1.26. The van der Waals surface area contributed by atoms with Crippen molar-refractivity contribution in [2.45, 2.75) is 64.0 Å². The Labute approximate surface area is 201 Å². The lowest BCUT2D eigenvalue weighted by Crippen LogP contribution is -2.50. The lowest BCUT2D eigenvalue weighted by molar-refractivity contribution is -0.139. The Morgan fingerprint density at radius 1 is 1.03 bits per heavy atom. The van der Waals surface area contributed by atoms with Gasteiger partial charge in [-0.2, -0.15) is 0 Å². The van der Waals surface area contributed by atoms with Crippen LogP contribution in [0.5, 0.6) is 0 Å². The van der Waals surface area contributed by atoms with E-state index in [0.29, 0.717) is 11.9 Å². The number of nitrogens with zero attached hydrogens (tertiary/aromatic N) is 3. The molecule has 3 fully saturated rings. The van der Waals surface area contributed by atoms with E-state index in [9.17, 15) is 14.7 Å². The number of anilines is 2. The van der Waals surface area contributed by atoms with Crippen molar-refractivity contribution < 1.29 is 14.7 Å². The quantitative estimate of drug-likeness (QED) is 0.721. The molecule has 2 aromatic rings. The molecule has 2 saturated heterocycles. The molecule has 0 radical (unpaired) electrons. The second-order valence-corrected chi connectivity index (χ2v) is 10.2. The summed E-state index contributed by atoms with van der Waals surface area (Å²) in [5, 5.41) is 12.6. The fourth-order valence-electron chi connectivity index (χ4n) is 5.96. The number of benzene rings is 1. The van der Waals surface area contributed by atoms with E-state index in [0.717, 1.165) is 87.2 Å². The lowest BCUT2D eigenvalue weighted by atomic mass is 9.78. The van der Waals surface area contributed by atoms with Crippen LogP contribution in [0.2, 0.25) is 0 Å². The number of aromatic nitrogens is 1. The maximum Gasteiger partial charge on any atom is 0.230 e. The smallest absolute Gasteiger partial charge is 0.230 e. The summed E-state index contributed by atoms with van der Waals surface area (Å²) < 4.78 is 0. The summed E-state index contributed by atoms with van der Waals surface area (Å²) in [5.41, 5.74) is 2.54. The number of likely N-dealkylation sites (tertiary alicyclic amines) is 1. The third kappa shape index (κ3) is 4.53. The van der Waals surface area contributed by atoms with Gasteiger partial charge in [-0.1, -0.05) is 12.1 Å². The SMILES string of the molecule is CC(=O)Nc1ccc(-c2ccc(N3CCC[C@]4(CCN(C5CCC(O)CC5)C4=O)C3)nc2)cc1. The molecule has 0 unspecified atom stereocenters. The Kier molecular flexibility index (Phi) is 6.30. The van der Waals surface area contributed by atoms with Crippen molar-refractivity contribution in [3.63, 3.8) is 0 Å². The van der Waals surface area contributed by atoms with Gasteiger partial charge in [0.1, 0.15) is 5.82 Å². The summed E-state index contributed by atoms with van der Waals surface area (Å²) in [4.78, 5) is 33.9. The van der Waals surface area contributed by atoms with Crippen molar-refractivity contribution in [3.8, 4) is 11.1 Å². The van der Waals surface area contributed by atoms with Gasteiger partial charge in [-0.25, -0.2) is 4.98 Å². The van der Waals surface area contributed by atoms with Crippen molar-refractivity contribution in [2.24, 2.45) is 5.41 Å². The Morgan fingerprint density at radius 2 is 1.76 bits per heavy atom. The van der Waals surface area contributed by atoms with Crippen LogP contribution in [0, 0.1) is 5.41 Å². The normalized spacial score (nSPS) is 27.3. The molecule has 180 valence electrons. The van der Waals surface area contributed by atoms with E-state index < -0.39 is 0 Å². The molecule has 1 aromatic carbocycles. The first-order valence-corrected chi connectivity index (χ1v) is 12.5. The van der Waals surface area contributed by atoms with Crippen molar-refractivity contribution in [1.29, 1.82) is 0 Å². The lowest BCUT2D eigenvalue weighted by Gasteiger charge is -2.41. The molecule has 1 aromatic heterocycles. The predicted molar refractivity (Wildman–Crippen MR) is 132 cm³/mol. The Morgan fingerprint density at radius 3 is 2.44 bits per heavy atom. The molecule has 2 N–H and O–H groups in total. The first-order valence-electron chi connectivity index (χ1n) is 12.5. The van der Waals surface area contributed by atoms with Crippen LogP contribution in [-0.4, -0.2) is 58.6 Å². The first-order chi connectivity index (χ1) is 16.4. The molecule has 5 rings (SSSR count). The molecular weight excluding hydrogens is 428 g/mol. The van der Waals surface area contributed by atoms with Gasteiger partial charge in [-0.3, -0.25) is 9.59 Å². The number of aliphatic hydroxyl groups is 1. The molecule has 7 nitrogen and oxygen atoms in total. The monoisotopic (exact) mass is 462 g/mol. The fraction of sp³-hybridized carbons (Fsp3) is 0.519. The van der Waals surface area contributed by atoms with Crippen molar-refractivity contribution >= 4 is 23.3 Å². The van der Waals surface area contributed by atoms with Crippen molar-refractivity contribution in [3.05, 3.63) is 42.6 Å².